The van der Waals surface area contributed by atoms with Gasteiger partial charge in [-0.25, -0.2) is 0 Å². The van der Waals surface area contributed by atoms with Crippen LogP contribution in [0.2, 0.25) is 0 Å². The minimum absolute atomic E-state index is 0.0114. The molecule has 4 nitrogen and oxygen atoms in total. The van der Waals surface area contributed by atoms with Crippen LogP contribution in [0.25, 0.3) is 0 Å². The molecule has 0 aliphatic carbocycles. The molecule has 0 radical (unpaired) electrons. The van der Waals surface area contributed by atoms with Crippen LogP contribution in [0.1, 0.15) is 38.8 Å². The van der Waals surface area contributed by atoms with Crippen molar-refractivity contribution in [1.29, 1.82) is 0 Å². The van der Waals surface area contributed by atoms with Crippen molar-refractivity contribution in [2.24, 2.45) is 0 Å². The lowest BCUT2D eigenvalue weighted by Gasteiger charge is -2.23. The molecule has 0 fully saturated rings. The van der Waals surface area contributed by atoms with Crippen molar-refractivity contribution in [3.05, 3.63) is 101 Å². The zero-order chi connectivity index (χ0) is 19.5. The maximum Gasteiger partial charge on any atom is 0.258 e. The van der Waals surface area contributed by atoms with Gasteiger partial charge in [0, 0.05) is 29.4 Å². The van der Waals surface area contributed by atoms with Crippen molar-refractivity contribution in [1.82, 2.24) is 5.32 Å². The molecule has 28 heavy (non-hydrogen) atoms. The van der Waals surface area contributed by atoms with Gasteiger partial charge in [0.25, 0.3) is 11.8 Å². The van der Waals surface area contributed by atoms with E-state index in [0.29, 0.717) is 17.7 Å². The topological polar surface area (TPSA) is 49.4 Å². The van der Waals surface area contributed by atoms with Gasteiger partial charge in [-0.1, -0.05) is 48.5 Å². The van der Waals surface area contributed by atoms with Gasteiger partial charge in [-0.2, -0.15) is 0 Å². The van der Waals surface area contributed by atoms with E-state index in [1.165, 1.54) is 0 Å². The molecule has 2 amide bonds. The van der Waals surface area contributed by atoms with Crippen molar-refractivity contribution < 1.29 is 9.59 Å². The van der Waals surface area contributed by atoms with Crippen LogP contribution in [0.15, 0.2) is 78.9 Å². The van der Waals surface area contributed by atoms with E-state index in [2.05, 4.69) is 18.3 Å². The molecule has 1 aliphatic heterocycles. The summed E-state index contributed by atoms with van der Waals surface area (Å²) in [6, 6.07) is 24.7. The molecule has 4 rings (SSSR count). The third kappa shape index (κ3) is 3.54. The molecule has 0 bridgehead atoms. The van der Waals surface area contributed by atoms with Crippen LogP contribution in [-0.4, -0.2) is 17.9 Å². The number of nitrogens with zero attached hydrogens (tertiary/aromatic N) is 1. The van der Waals surface area contributed by atoms with E-state index < -0.39 is 0 Å². The van der Waals surface area contributed by atoms with Gasteiger partial charge < -0.3 is 10.2 Å². The lowest BCUT2D eigenvalue weighted by Crippen LogP contribution is -2.35. The number of hydrogen-bond acceptors (Lipinski definition) is 2. The molecule has 3 aromatic rings. The predicted molar refractivity (Wildman–Crippen MR) is 110 cm³/mol. The molecule has 140 valence electrons. The van der Waals surface area contributed by atoms with Crippen LogP contribution in [0.5, 0.6) is 0 Å². The number of carbonyl (C=O) groups is 2. The second-order valence-corrected chi connectivity index (χ2v) is 7.11. The Morgan fingerprint density at radius 1 is 0.929 bits per heavy atom. The highest BCUT2D eigenvalue weighted by Crippen LogP contribution is 2.34. The SMILES string of the molecule is C[C@@H]1Cc2ccc(CNC(=O)c3ccccc3)cc2N1C(=O)c1ccccc1. The predicted octanol–water partition coefficient (Wildman–Crippen LogP) is 4.21. The van der Waals surface area contributed by atoms with Crippen molar-refractivity contribution in [3.8, 4) is 0 Å². The first-order valence-electron chi connectivity index (χ1n) is 9.47. The first-order chi connectivity index (χ1) is 13.6. The molecular formula is C24H22N2O2. The van der Waals surface area contributed by atoms with Crippen LogP contribution >= 0.6 is 0 Å². The average Bonchev–Trinajstić information content (AvgIpc) is 3.07. The number of anilines is 1. The summed E-state index contributed by atoms with van der Waals surface area (Å²) in [5.74, 6) is -0.0935. The second kappa shape index (κ2) is 7.69. The van der Waals surface area contributed by atoms with Crippen molar-refractivity contribution in [2.45, 2.75) is 25.9 Å². The van der Waals surface area contributed by atoms with E-state index in [-0.39, 0.29) is 17.9 Å². The molecule has 1 heterocycles. The van der Waals surface area contributed by atoms with Gasteiger partial charge in [0.15, 0.2) is 0 Å². The normalized spacial score (nSPS) is 15.2. The third-order valence-electron chi connectivity index (χ3n) is 5.09. The summed E-state index contributed by atoms with van der Waals surface area (Å²) in [4.78, 5) is 27.2. The number of nitrogens with one attached hydrogen (secondary N) is 1. The van der Waals surface area contributed by atoms with Crippen LogP contribution in [0, 0.1) is 0 Å². The smallest absolute Gasteiger partial charge is 0.258 e. The van der Waals surface area contributed by atoms with Crippen LogP contribution in [0.4, 0.5) is 5.69 Å². The van der Waals surface area contributed by atoms with Gasteiger partial charge in [-0.05, 0) is 54.8 Å². The molecule has 1 N–H and O–H groups in total. The molecule has 0 aromatic heterocycles. The largest absolute Gasteiger partial charge is 0.348 e. The Hall–Kier alpha value is -3.40. The van der Waals surface area contributed by atoms with Crippen LogP contribution in [-0.2, 0) is 13.0 Å². The van der Waals surface area contributed by atoms with Gasteiger partial charge in [0.05, 0.1) is 0 Å². The summed E-state index contributed by atoms with van der Waals surface area (Å²) in [7, 11) is 0. The van der Waals surface area contributed by atoms with Crippen LogP contribution < -0.4 is 10.2 Å². The summed E-state index contributed by atoms with van der Waals surface area (Å²) >= 11 is 0. The molecule has 0 saturated carbocycles. The van der Waals surface area contributed by atoms with E-state index in [0.717, 1.165) is 23.2 Å². The number of benzene rings is 3. The summed E-state index contributed by atoms with van der Waals surface area (Å²) in [5.41, 5.74) is 4.40. The van der Waals surface area contributed by atoms with E-state index >= 15 is 0 Å². The summed E-state index contributed by atoms with van der Waals surface area (Å²) in [6.07, 6.45) is 0.838. The molecular weight excluding hydrogens is 348 g/mol. The van der Waals surface area contributed by atoms with Crippen molar-refractivity contribution in [2.75, 3.05) is 4.90 Å². The van der Waals surface area contributed by atoms with Gasteiger partial charge in [-0.15, -0.1) is 0 Å². The Balaban J connectivity index is 1.53. The Morgan fingerprint density at radius 2 is 1.57 bits per heavy atom. The summed E-state index contributed by atoms with van der Waals surface area (Å²) in [6.45, 7) is 2.49. The Kier molecular flexibility index (Phi) is 4.94. The molecule has 0 spiro atoms. The van der Waals surface area contributed by atoms with E-state index in [4.69, 9.17) is 0 Å². The summed E-state index contributed by atoms with van der Waals surface area (Å²) in [5, 5.41) is 2.95. The van der Waals surface area contributed by atoms with Gasteiger partial charge in [0.2, 0.25) is 0 Å². The van der Waals surface area contributed by atoms with Crippen molar-refractivity contribution in [3.63, 3.8) is 0 Å². The monoisotopic (exact) mass is 370 g/mol. The number of carbonyl (C=O) groups excluding carboxylic acids is 2. The highest BCUT2D eigenvalue weighted by Gasteiger charge is 2.31. The van der Waals surface area contributed by atoms with E-state index in [1.807, 2.05) is 65.6 Å². The zero-order valence-electron chi connectivity index (χ0n) is 15.8. The molecule has 1 atom stereocenters. The van der Waals surface area contributed by atoms with Crippen LogP contribution in [0.3, 0.4) is 0 Å². The minimum atomic E-state index is -0.105. The number of fused-ring (bicyclic) bond motifs is 1. The number of amides is 2. The highest BCUT2D eigenvalue weighted by atomic mass is 16.2. The highest BCUT2D eigenvalue weighted by molar-refractivity contribution is 6.07. The number of rotatable bonds is 4. The van der Waals surface area contributed by atoms with Crippen molar-refractivity contribution >= 4 is 17.5 Å². The third-order valence-corrected chi connectivity index (χ3v) is 5.09. The lowest BCUT2D eigenvalue weighted by atomic mass is 10.1. The molecule has 3 aromatic carbocycles. The first kappa shape index (κ1) is 18.0. The molecule has 1 aliphatic rings. The first-order valence-corrected chi connectivity index (χ1v) is 9.47. The minimum Gasteiger partial charge on any atom is -0.348 e. The lowest BCUT2D eigenvalue weighted by molar-refractivity contribution is 0.0948. The Labute approximate surface area is 164 Å². The van der Waals surface area contributed by atoms with Gasteiger partial charge >= 0.3 is 0 Å². The standard InChI is InChI=1S/C24H22N2O2/c1-17-14-21-13-12-18(16-25-23(27)19-8-4-2-5-9-19)15-22(21)26(17)24(28)20-10-6-3-7-11-20/h2-13,15,17H,14,16H2,1H3,(H,25,27)/t17-/m1/s1. The fourth-order valence-corrected chi connectivity index (χ4v) is 3.67. The maximum absolute atomic E-state index is 13.0. The summed E-state index contributed by atoms with van der Waals surface area (Å²) < 4.78 is 0. The zero-order valence-corrected chi connectivity index (χ0v) is 15.8. The Morgan fingerprint density at radius 3 is 2.25 bits per heavy atom. The number of hydrogen-bond donors (Lipinski definition) is 1. The molecule has 0 saturated heterocycles. The van der Waals surface area contributed by atoms with E-state index in [1.54, 1.807) is 12.1 Å². The van der Waals surface area contributed by atoms with E-state index in [9.17, 15) is 9.59 Å². The second-order valence-electron chi connectivity index (χ2n) is 7.11. The molecule has 4 heteroatoms. The van der Waals surface area contributed by atoms with Gasteiger partial charge in [-0.3, -0.25) is 9.59 Å². The Bertz CT molecular complexity index is 1000. The maximum atomic E-state index is 13.0. The fraction of sp³-hybridized carbons (Fsp3) is 0.167. The fourth-order valence-electron chi connectivity index (χ4n) is 3.67. The quantitative estimate of drug-likeness (QED) is 0.748. The molecule has 0 unspecified atom stereocenters. The van der Waals surface area contributed by atoms with Gasteiger partial charge in [0.1, 0.15) is 0 Å². The average molecular weight is 370 g/mol.